The molecule has 0 bridgehead atoms. The summed E-state index contributed by atoms with van der Waals surface area (Å²) < 4.78 is 36.6. The van der Waals surface area contributed by atoms with E-state index in [0.29, 0.717) is 0 Å². The standard InChI is InChI=1S/C13H13F2N3O2/c1-7(2)19-12-11(16)13(18-6-17-12)20-8-3-4-9(14)10(15)5-8/h3-7H,16H2,1-2H3. The van der Waals surface area contributed by atoms with Crippen LogP contribution >= 0.6 is 0 Å². The normalized spacial score (nSPS) is 10.7. The van der Waals surface area contributed by atoms with Crippen LogP contribution in [0, 0.1) is 11.6 Å². The fourth-order valence-corrected chi connectivity index (χ4v) is 1.41. The monoisotopic (exact) mass is 281 g/mol. The average Bonchev–Trinajstić information content (AvgIpc) is 2.38. The second-order valence-electron chi connectivity index (χ2n) is 4.24. The summed E-state index contributed by atoms with van der Waals surface area (Å²) >= 11 is 0. The highest BCUT2D eigenvalue weighted by atomic mass is 19.2. The summed E-state index contributed by atoms with van der Waals surface area (Å²) in [5, 5.41) is 0. The van der Waals surface area contributed by atoms with E-state index in [4.69, 9.17) is 15.2 Å². The number of anilines is 1. The smallest absolute Gasteiger partial charge is 0.249 e. The fraction of sp³-hybridized carbons (Fsp3) is 0.231. The summed E-state index contributed by atoms with van der Waals surface area (Å²) in [7, 11) is 0. The van der Waals surface area contributed by atoms with Crippen molar-refractivity contribution in [1.82, 2.24) is 9.97 Å². The van der Waals surface area contributed by atoms with Crippen molar-refractivity contribution in [3.63, 3.8) is 0 Å². The zero-order valence-electron chi connectivity index (χ0n) is 10.9. The first-order valence-corrected chi connectivity index (χ1v) is 5.87. The molecule has 0 saturated carbocycles. The van der Waals surface area contributed by atoms with Crippen LogP contribution in [0.25, 0.3) is 0 Å². The van der Waals surface area contributed by atoms with Crippen molar-refractivity contribution < 1.29 is 18.3 Å². The van der Waals surface area contributed by atoms with Crippen molar-refractivity contribution in [2.45, 2.75) is 20.0 Å². The Morgan fingerprint density at radius 2 is 1.80 bits per heavy atom. The first-order chi connectivity index (χ1) is 9.47. The third-order valence-corrected chi connectivity index (χ3v) is 2.26. The molecule has 0 spiro atoms. The van der Waals surface area contributed by atoms with Crippen LogP contribution in [0.1, 0.15) is 13.8 Å². The average molecular weight is 281 g/mol. The molecule has 0 atom stereocenters. The van der Waals surface area contributed by atoms with E-state index in [1.165, 1.54) is 12.4 Å². The molecule has 2 N–H and O–H groups in total. The highest BCUT2D eigenvalue weighted by Crippen LogP contribution is 2.31. The van der Waals surface area contributed by atoms with E-state index in [1.54, 1.807) is 0 Å². The molecule has 106 valence electrons. The van der Waals surface area contributed by atoms with E-state index in [0.717, 1.165) is 12.1 Å². The maximum atomic E-state index is 13.1. The Morgan fingerprint density at radius 1 is 1.10 bits per heavy atom. The minimum absolute atomic E-state index is 0.0154. The van der Waals surface area contributed by atoms with E-state index in [2.05, 4.69) is 9.97 Å². The Labute approximate surface area is 114 Å². The van der Waals surface area contributed by atoms with Gasteiger partial charge in [-0.25, -0.2) is 8.78 Å². The molecule has 0 unspecified atom stereocenters. The zero-order valence-corrected chi connectivity index (χ0v) is 10.9. The van der Waals surface area contributed by atoms with Gasteiger partial charge in [-0.3, -0.25) is 0 Å². The number of benzene rings is 1. The maximum absolute atomic E-state index is 13.1. The van der Waals surface area contributed by atoms with Gasteiger partial charge >= 0.3 is 0 Å². The molecule has 0 radical (unpaired) electrons. The molecule has 0 aliphatic rings. The van der Waals surface area contributed by atoms with Gasteiger partial charge in [-0.2, -0.15) is 9.97 Å². The molecule has 0 saturated heterocycles. The number of ether oxygens (including phenoxy) is 2. The molecule has 2 rings (SSSR count). The zero-order chi connectivity index (χ0) is 14.7. The third kappa shape index (κ3) is 3.11. The molecule has 2 aromatic rings. The van der Waals surface area contributed by atoms with Crippen molar-refractivity contribution in [1.29, 1.82) is 0 Å². The van der Waals surface area contributed by atoms with Gasteiger partial charge in [0.05, 0.1) is 6.10 Å². The first kappa shape index (κ1) is 14.0. The fourth-order valence-electron chi connectivity index (χ4n) is 1.41. The molecule has 1 aromatic heterocycles. The Balaban J connectivity index is 2.27. The highest BCUT2D eigenvalue weighted by Gasteiger charge is 2.13. The molecular weight excluding hydrogens is 268 g/mol. The second kappa shape index (κ2) is 5.68. The number of hydrogen-bond donors (Lipinski definition) is 1. The lowest BCUT2D eigenvalue weighted by Gasteiger charge is -2.13. The largest absolute Gasteiger partial charge is 0.473 e. The molecule has 7 heteroatoms. The van der Waals surface area contributed by atoms with Gasteiger partial charge in [0.1, 0.15) is 12.1 Å². The third-order valence-electron chi connectivity index (χ3n) is 2.26. The Hall–Kier alpha value is -2.44. The van der Waals surface area contributed by atoms with E-state index < -0.39 is 11.6 Å². The molecule has 0 aliphatic heterocycles. The lowest BCUT2D eigenvalue weighted by Crippen LogP contribution is -2.10. The lowest BCUT2D eigenvalue weighted by molar-refractivity contribution is 0.232. The van der Waals surface area contributed by atoms with Gasteiger partial charge in [0, 0.05) is 6.07 Å². The molecule has 1 aromatic carbocycles. The van der Waals surface area contributed by atoms with Crippen molar-refractivity contribution >= 4 is 5.69 Å². The molecule has 1 heterocycles. The number of hydrogen-bond acceptors (Lipinski definition) is 5. The van der Waals surface area contributed by atoms with Crippen LogP contribution in [0.5, 0.6) is 17.5 Å². The number of nitrogen functional groups attached to an aromatic ring is 1. The molecule has 0 fully saturated rings. The van der Waals surface area contributed by atoms with Crippen molar-refractivity contribution in [2.24, 2.45) is 0 Å². The minimum atomic E-state index is -1.02. The van der Waals surface area contributed by atoms with Gasteiger partial charge in [-0.15, -0.1) is 0 Å². The summed E-state index contributed by atoms with van der Waals surface area (Å²) in [6, 6.07) is 3.12. The van der Waals surface area contributed by atoms with Crippen molar-refractivity contribution in [3.8, 4) is 17.5 Å². The first-order valence-electron chi connectivity index (χ1n) is 5.87. The van der Waals surface area contributed by atoms with Crippen LogP contribution < -0.4 is 15.2 Å². The summed E-state index contributed by atoms with van der Waals surface area (Å²) in [6.07, 6.45) is 1.09. The Bertz CT molecular complexity index is 621. The van der Waals surface area contributed by atoms with Gasteiger partial charge in [0.25, 0.3) is 0 Å². The predicted octanol–water partition coefficient (Wildman–Crippen LogP) is 2.92. The van der Waals surface area contributed by atoms with Gasteiger partial charge < -0.3 is 15.2 Å². The number of halogens is 2. The van der Waals surface area contributed by atoms with Crippen molar-refractivity contribution in [3.05, 3.63) is 36.2 Å². The molecule has 20 heavy (non-hydrogen) atoms. The molecule has 0 amide bonds. The van der Waals surface area contributed by atoms with E-state index in [1.807, 2.05) is 13.8 Å². The SMILES string of the molecule is CC(C)Oc1ncnc(Oc2ccc(F)c(F)c2)c1N. The van der Waals surface area contributed by atoms with Crippen LogP contribution in [0.15, 0.2) is 24.5 Å². The van der Waals surface area contributed by atoms with Gasteiger partial charge in [0.15, 0.2) is 17.3 Å². The van der Waals surface area contributed by atoms with Crippen LogP contribution in [-0.4, -0.2) is 16.1 Å². The van der Waals surface area contributed by atoms with E-state index in [-0.39, 0.29) is 29.3 Å². The van der Waals surface area contributed by atoms with E-state index in [9.17, 15) is 8.78 Å². The lowest BCUT2D eigenvalue weighted by atomic mass is 10.3. The maximum Gasteiger partial charge on any atom is 0.249 e. The quantitative estimate of drug-likeness (QED) is 0.933. The number of nitrogens with zero attached hydrogens (tertiary/aromatic N) is 2. The van der Waals surface area contributed by atoms with Crippen LogP contribution in [0.4, 0.5) is 14.5 Å². The summed E-state index contributed by atoms with van der Waals surface area (Å²) in [6.45, 7) is 3.63. The number of nitrogens with two attached hydrogens (primary N) is 1. The van der Waals surface area contributed by atoms with Gasteiger partial charge in [-0.1, -0.05) is 0 Å². The molecular formula is C13H13F2N3O2. The Kier molecular flexibility index (Phi) is 3.97. The second-order valence-corrected chi connectivity index (χ2v) is 4.24. The predicted molar refractivity (Wildman–Crippen MR) is 68.6 cm³/mol. The molecule has 0 aliphatic carbocycles. The summed E-state index contributed by atoms with van der Waals surface area (Å²) in [5.74, 6) is -1.72. The van der Waals surface area contributed by atoms with E-state index >= 15 is 0 Å². The number of aromatic nitrogens is 2. The van der Waals surface area contributed by atoms with Crippen molar-refractivity contribution in [2.75, 3.05) is 5.73 Å². The summed E-state index contributed by atoms with van der Waals surface area (Å²) in [5.41, 5.74) is 5.89. The topological polar surface area (TPSA) is 70.3 Å². The highest BCUT2D eigenvalue weighted by molar-refractivity contribution is 5.56. The van der Waals surface area contributed by atoms with Crippen LogP contribution in [0.3, 0.4) is 0 Å². The molecule has 5 nitrogen and oxygen atoms in total. The van der Waals surface area contributed by atoms with Gasteiger partial charge in [-0.05, 0) is 26.0 Å². The summed E-state index contributed by atoms with van der Waals surface area (Å²) in [4.78, 5) is 7.72. The number of rotatable bonds is 4. The minimum Gasteiger partial charge on any atom is -0.473 e. The van der Waals surface area contributed by atoms with Gasteiger partial charge in [0.2, 0.25) is 11.8 Å². The Morgan fingerprint density at radius 3 is 2.45 bits per heavy atom. The van der Waals surface area contributed by atoms with Crippen LogP contribution in [-0.2, 0) is 0 Å². The van der Waals surface area contributed by atoms with Crippen LogP contribution in [0.2, 0.25) is 0 Å².